The van der Waals surface area contributed by atoms with Gasteiger partial charge in [-0.1, -0.05) is 22.9 Å². The lowest BCUT2D eigenvalue weighted by molar-refractivity contribution is -0.140. The van der Waals surface area contributed by atoms with Crippen LogP contribution in [0, 0.1) is 5.92 Å². The summed E-state index contributed by atoms with van der Waals surface area (Å²) in [5.41, 5.74) is 0. The number of carbonyl (C=O) groups is 1. The zero-order valence-corrected chi connectivity index (χ0v) is 7.06. The Bertz CT molecular complexity index is 142. The highest BCUT2D eigenvalue weighted by Gasteiger charge is 2.41. The molecule has 1 rings (SSSR count). The zero-order valence-electron chi connectivity index (χ0n) is 5.48. The van der Waals surface area contributed by atoms with Crippen LogP contribution in [0.3, 0.4) is 0 Å². The molecule has 0 saturated carbocycles. The second kappa shape index (κ2) is 1.97. The minimum Gasteiger partial charge on any atom is -0.464 e. The molecule has 1 aliphatic heterocycles. The van der Waals surface area contributed by atoms with Crippen LogP contribution in [0.2, 0.25) is 0 Å². The summed E-state index contributed by atoms with van der Waals surface area (Å²) in [7, 11) is 0. The van der Waals surface area contributed by atoms with Gasteiger partial charge in [-0.25, -0.2) is 0 Å². The van der Waals surface area contributed by atoms with Crippen LogP contribution in [0.5, 0.6) is 0 Å². The van der Waals surface area contributed by atoms with Crippen LogP contribution in [0.1, 0.15) is 13.8 Å². The average Bonchev–Trinajstić information content (AvgIpc) is 1.97. The van der Waals surface area contributed by atoms with Crippen molar-refractivity contribution in [2.24, 2.45) is 5.92 Å². The number of ether oxygens (including phenoxy) is 1. The largest absolute Gasteiger partial charge is 0.464 e. The van der Waals surface area contributed by atoms with Crippen LogP contribution < -0.4 is 0 Å². The first kappa shape index (κ1) is 7.06. The first-order chi connectivity index (χ1) is 4.04. The van der Waals surface area contributed by atoms with Crippen LogP contribution in [-0.4, -0.2) is 16.9 Å². The Balaban J connectivity index is 2.73. The fourth-order valence-corrected chi connectivity index (χ4v) is 1.01. The number of carbonyl (C=O) groups excluding carboxylic acids is 1. The van der Waals surface area contributed by atoms with Gasteiger partial charge in [0.05, 0.1) is 10.2 Å². The molecule has 0 bridgehead atoms. The molecule has 0 aliphatic carbocycles. The van der Waals surface area contributed by atoms with Gasteiger partial charge in [-0.05, 0) is 6.92 Å². The maximum Gasteiger partial charge on any atom is 0.310 e. The summed E-state index contributed by atoms with van der Waals surface area (Å²) in [6.45, 7) is 4.32. The second-order valence-corrected chi connectivity index (χ2v) is 4.42. The molecule has 0 aromatic rings. The highest BCUT2D eigenvalue weighted by Crippen LogP contribution is 2.33. The van der Waals surface area contributed by atoms with E-state index >= 15 is 0 Å². The Hall–Kier alpha value is -0.0500. The third kappa shape index (κ3) is 1.11. The SMILES string of the molecule is CC1C(=O)OCC1(C)Br. The monoisotopic (exact) mass is 192 g/mol. The van der Waals surface area contributed by atoms with Gasteiger partial charge >= 0.3 is 5.97 Å². The van der Waals surface area contributed by atoms with Crippen molar-refractivity contribution in [3.05, 3.63) is 0 Å². The predicted molar refractivity (Wildman–Crippen MR) is 37.5 cm³/mol. The van der Waals surface area contributed by atoms with Gasteiger partial charge in [0.25, 0.3) is 0 Å². The molecule has 0 amide bonds. The van der Waals surface area contributed by atoms with Crippen molar-refractivity contribution in [1.29, 1.82) is 0 Å². The van der Waals surface area contributed by atoms with Crippen molar-refractivity contribution in [2.75, 3.05) is 6.61 Å². The van der Waals surface area contributed by atoms with Gasteiger partial charge in [-0.2, -0.15) is 0 Å². The summed E-state index contributed by atoms with van der Waals surface area (Å²) in [5.74, 6) is -0.119. The normalized spacial score (nSPS) is 43.0. The molecule has 0 aromatic heterocycles. The van der Waals surface area contributed by atoms with Crippen LogP contribution in [0.15, 0.2) is 0 Å². The molecule has 0 aromatic carbocycles. The van der Waals surface area contributed by atoms with E-state index < -0.39 is 0 Å². The van der Waals surface area contributed by atoms with Crippen LogP contribution >= 0.6 is 15.9 Å². The van der Waals surface area contributed by atoms with Crippen molar-refractivity contribution < 1.29 is 9.53 Å². The van der Waals surface area contributed by atoms with E-state index in [1.807, 2.05) is 13.8 Å². The number of alkyl halides is 1. The smallest absolute Gasteiger partial charge is 0.310 e. The molecule has 0 spiro atoms. The van der Waals surface area contributed by atoms with Crippen molar-refractivity contribution in [3.63, 3.8) is 0 Å². The Kier molecular flexibility index (Phi) is 1.55. The molecule has 3 heteroatoms. The molecule has 2 unspecified atom stereocenters. The number of esters is 1. The highest BCUT2D eigenvalue weighted by molar-refractivity contribution is 9.10. The maximum atomic E-state index is 10.7. The Morgan fingerprint density at radius 3 is 2.56 bits per heavy atom. The summed E-state index contributed by atoms with van der Waals surface area (Å²) in [4.78, 5) is 10.7. The van der Waals surface area contributed by atoms with Gasteiger partial charge in [-0.15, -0.1) is 0 Å². The van der Waals surface area contributed by atoms with E-state index in [1.54, 1.807) is 0 Å². The summed E-state index contributed by atoms with van der Waals surface area (Å²) >= 11 is 3.40. The first-order valence-electron chi connectivity index (χ1n) is 2.89. The van der Waals surface area contributed by atoms with E-state index in [0.717, 1.165) is 0 Å². The molecule has 52 valence electrons. The fraction of sp³-hybridized carbons (Fsp3) is 0.833. The lowest BCUT2D eigenvalue weighted by atomic mass is 10.0. The maximum absolute atomic E-state index is 10.7. The number of cyclic esters (lactones) is 1. The molecule has 1 aliphatic rings. The van der Waals surface area contributed by atoms with Crippen molar-refractivity contribution in [1.82, 2.24) is 0 Å². The molecule has 1 heterocycles. The standard InChI is InChI=1S/C6H9BrO2/c1-4-5(8)9-3-6(4,2)7/h4H,3H2,1-2H3. The molecular weight excluding hydrogens is 184 g/mol. The third-order valence-corrected chi connectivity index (χ3v) is 2.67. The molecular formula is C6H9BrO2. The van der Waals surface area contributed by atoms with Crippen molar-refractivity contribution >= 4 is 21.9 Å². The van der Waals surface area contributed by atoms with Gasteiger partial charge < -0.3 is 4.74 Å². The van der Waals surface area contributed by atoms with Crippen LogP contribution in [0.4, 0.5) is 0 Å². The van der Waals surface area contributed by atoms with Gasteiger partial charge in [0, 0.05) is 0 Å². The Morgan fingerprint density at radius 2 is 2.44 bits per heavy atom. The van der Waals surface area contributed by atoms with Crippen LogP contribution in [-0.2, 0) is 9.53 Å². The summed E-state index contributed by atoms with van der Waals surface area (Å²) < 4.78 is 4.66. The minimum absolute atomic E-state index is 0.0162. The number of hydrogen-bond donors (Lipinski definition) is 0. The topological polar surface area (TPSA) is 26.3 Å². The van der Waals surface area contributed by atoms with E-state index in [0.29, 0.717) is 6.61 Å². The van der Waals surface area contributed by atoms with Gasteiger partial charge in [-0.3, -0.25) is 4.79 Å². The Morgan fingerprint density at radius 1 is 1.89 bits per heavy atom. The van der Waals surface area contributed by atoms with E-state index in [2.05, 4.69) is 15.9 Å². The van der Waals surface area contributed by atoms with E-state index in [4.69, 9.17) is 4.74 Å². The predicted octanol–water partition coefficient (Wildman–Crippen LogP) is 1.33. The second-order valence-electron chi connectivity index (χ2n) is 2.61. The molecule has 9 heavy (non-hydrogen) atoms. The zero-order chi connectivity index (χ0) is 7.07. The van der Waals surface area contributed by atoms with E-state index in [-0.39, 0.29) is 16.2 Å². The van der Waals surface area contributed by atoms with Crippen molar-refractivity contribution in [3.8, 4) is 0 Å². The minimum atomic E-state index is -0.135. The average molecular weight is 193 g/mol. The molecule has 2 atom stereocenters. The number of halogens is 1. The molecule has 1 fully saturated rings. The number of rotatable bonds is 0. The lowest BCUT2D eigenvalue weighted by Gasteiger charge is -2.14. The summed E-state index contributed by atoms with van der Waals surface area (Å²) in [5, 5.41) is 0. The molecule has 1 saturated heterocycles. The van der Waals surface area contributed by atoms with E-state index in [9.17, 15) is 4.79 Å². The van der Waals surface area contributed by atoms with Crippen molar-refractivity contribution in [2.45, 2.75) is 18.2 Å². The summed E-state index contributed by atoms with van der Waals surface area (Å²) in [6, 6.07) is 0. The Labute approximate surface area is 62.7 Å². The molecule has 0 N–H and O–H groups in total. The fourth-order valence-electron chi connectivity index (χ4n) is 0.708. The molecule has 2 nitrogen and oxygen atoms in total. The number of hydrogen-bond acceptors (Lipinski definition) is 2. The first-order valence-corrected chi connectivity index (χ1v) is 3.69. The van der Waals surface area contributed by atoms with Gasteiger partial charge in [0.15, 0.2) is 0 Å². The third-order valence-electron chi connectivity index (χ3n) is 1.75. The quantitative estimate of drug-likeness (QED) is 0.428. The lowest BCUT2D eigenvalue weighted by Crippen LogP contribution is -2.24. The molecule has 0 radical (unpaired) electrons. The highest BCUT2D eigenvalue weighted by atomic mass is 79.9. The van der Waals surface area contributed by atoms with E-state index in [1.165, 1.54) is 0 Å². The van der Waals surface area contributed by atoms with Crippen LogP contribution in [0.25, 0.3) is 0 Å². The van der Waals surface area contributed by atoms with Gasteiger partial charge in [0.1, 0.15) is 6.61 Å². The summed E-state index contributed by atoms with van der Waals surface area (Å²) in [6.07, 6.45) is 0. The van der Waals surface area contributed by atoms with Gasteiger partial charge in [0.2, 0.25) is 0 Å².